The Morgan fingerprint density at radius 2 is 1.62 bits per heavy atom. The van der Waals surface area contributed by atoms with Gasteiger partial charge in [0.15, 0.2) is 0 Å². The van der Waals surface area contributed by atoms with Crippen molar-refractivity contribution in [1.29, 1.82) is 0 Å². The molecule has 1 amide bonds. The Morgan fingerprint density at radius 1 is 0.969 bits per heavy atom. The molecule has 2 N–H and O–H groups in total. The molecule has 0 saturated heterocycles. The molecular formula is C23H22F2N2O4S. The monoisotopic (exact) mass is 460 g/mol. The fourth-order valence-corrected chi connectivity index (χ4v) is 4.36. The number of halogens is 2. The largest absolute Gasteiger partial charge is 0.435 e. The fourth-order valence-electron chi connectivity index (χ4n) is 2.97. The first-order valence-electron chi connectivity index (χ1n) is 9.66. The first-order chi connectivity index (χ1) is 15.1. The smallest absolute Gasteiger partial charge is 0.387 e. The molecule has 0 heterocycles. The Bertz CT molecular complexity index is 1200. The van der Waals surface area contributed by atoms with Crippen molar-refractivity contribution in [3.8, 4) is 5.75 Å². The summed E-state index contributed by atoms with van der Waals surface area (Å²) in [5, 5.41) is 2.72. The zero-order valence-corrected chi connectivity index (χ0v) is 18.2. The van der Waals surface area contributed by atoms with Crippen molar-refractivity contribution in [2.75, 3.05) is 4.72 Å². The van der Waals surface area contributed by atoms with Gasteiger partial charge in [-0.3, -0.25) is 9.52 Å². The topological polar surface area (TPSA) is 84.5 Å². The molecule has 0 aliphatic rings. The van der Waals surface area contributed by atoms with Crippen molar-refractivity contribution in [3.05, 3.63) is 89.0 Å². The lowest BCUT2D eigenvalue weighted by atomic mass is 10.2. The van der Waals surface area contributed by atoms with Gasteiger partial charge in [-0.25, -0.2) is 8.42 Å². The van der Waals surface area contributed by atoms with Gasteiger partial charge in [0.2, 0.25) is 0 Å². The maximum atomic E-state index is 12.7. The summed E-state index contributed by atoms with van der Waals surface area (Å²) in [7, 11) is -3.76. The average molecular weight is 461 g/mol. The molecule has 6 nitrogen and oxygen atoms in total. The Kier molecular flexibility index (Phi) is 7.09. The SMILES string of the molecule is Cc1ccc(C)c(S(=O)(=O)Nc2ccc(C(=O)NCc3ccc(OC(F)F)cc3)cc2)c1. The summed E-state index contributed by atoms with van der Waals surface area (Å²) in [5.74, 6) is -0.323. The van der Waals surface area contributed by atoms with E-state index in [1.807, 2.05) is 13.0 Å². The van der Waals surface area contributed by atoms with E-state index < -0.39 is 16.6 Å². The predicted molar refractivity (Wildman–Crippen MR) is 117 cm³/mol. The minimum Gasteiger partial charge on any atom is -0.435 e. The number of rotatable bonds is 8. The van der Waals surface area contributed by atoms with Crippen molar-refractivity contribution in [1.82, 2.24) is 5.32 Å². The van der Waals surface area contributed by atoms with E-state index in [2.05, 4.69) is 14.8 Å². The van der Waals surface area contributed by atoms with Crippen LogP contribution in [0.15, 0.2) is 71.6 Å². The lowest BCUT2D eigenvalue weighted by Gasteiger charge is -2.12. The highest BCUT2D eigenvalue weighted by molar-refractivity contribution is 7.92. The number of hydrogen-bond donors (Lipinski definition) is 2. The molecule has 0 aliphatic carbocycles. The van der Waals surface area contributed by atoms with Crippen molar-refractivity contribution < 1.29 is 26.7 Å². The number of nitrogens with one attached hydrogen (secondary N) is 2. The predicted octanol–water partition coefficient (Wildman–Crippen LogP) is 4.64. The molecule has 0 saturated carbocycles. The molecule has 0 unspecified atom stereocenters. The molecule has 0 fully saturated rings. The molecular weight excluding hydrogens is 438 g/mol. The number of alkyl halides is 2. The molecule has 32 heavy (non-hydrogen) atoms. The number of ether oxygens (including phenoxy) is 1. The number of amides is 1. The highest BCUT2D eigenvalue weighted by Gasteiger charge is 2.17. The summed E-state index contributed by atoms with van der Waals surface area (Å²) in [6, 6.07) is 17.2. The zero-order valence-electron chi connectivity index (χ0n) is 17.4. The van der Waals surface area contributed by atoms with Gasteiger partial charge >= 0.3 is 6.61 Å². The Balaban J connectivity index is 1.61. The van der Waals surface area contributed by atoms with Gasteiger partial charge < -0.3 is 10.1 Å². The van der Waals surface area contributed by atoms with Crippen LogP contribution in [0.4, 0.5) is 14.5 Å². The number of aryl methyl sites for hydroxylation is 2. The molecule has 0 radical (unpaired) electrons. The van der Waals surface area contributed by atoms with Crippen molar-refractivity contribution in [2.45, 2.75) is 31.9 Å². The zero-order chi connectivity index (χ0) is 23.3. The van der Waals surface area contributed by atoms with E-state index in [1.165, 1.54) is 36.4 Å². The maximum Gasteiger partial charge on any atom is 0.387 e. The standard InChI is InChI=1S/C23H22F2N2O4S/c1-15-3-4-16(2)21(13-15)32(29,30)27-19-9-7-18(8-10-19)22(28)26-14-17-5-11-20(12-6-17)31-23(24)25/h3-13,23,27H,14H2,1-2H3,(H,26,28). The van der Waals surface area contributed by atoms with Crippen LogP contribution in [0.5, 0.6) is 5.75 Å². The van der Waals surface area contributed by atoms with Gasteiger partial charge in [-0.05, 0) is 73.0 Å². The second-order valence-electron chi connectivity index (χ2n) is 7.16. The van der Waals surface area contributed by atoms with E-state index in [0.29, 0.717) is 22.4 Å². The highest BCUT2D eigenvalue weighted by atomic mass is 32.2. The van der Waals surface area contributed by atoms with Crippen LogP contribution in [0.1, 0.15) is 27.0 Å². The molecule has 9 heteroatoms. The van der Waals surface area contributed by atoms with Gasteiger partial charge in [0, 0.05) is 17.8 Å². The van der Waals surface area contributed by atoms with Crippen LogP contribution >= 0.6 is 0 Å². The van der Waals surface area contributed by atoms with Crippen LogP contribution < -0.4 is 14.8 Å². The second-order valence-corrected chi connectivity index (χ2v) is 8.81. The minimum absolute atomic E-state index is 0.0361. The number of benzene rings is 3. The van der Waals surface area contributed by atoms with Crippen LogP contribution in [0, 0.1) is 13.8 Å². The number of sulfonamides is 1. The fraction of sp³-hybridized carbons (Fsp3) is 0.174. The van der Waals surface area contributed by atoms with Gasteiger partial charge in [-0.2, -0.15) is 8.78 Å². The van der Waals surface area contributed by atoms with Crippen LogP contribution in [0.2, 0.25) is 0 Å². The van der Waals surface area contributed by atoms with Crippen LogP contribution in [-0.2, 0) is 16.6 Å². The Hall–Kier alpha value is -3.46. The van der Waals surface area contributed by atoms with Gasteiger partial charge in [-0.1, -0.05) is 24.3 Å². The van der Waals surface area contributed by atoms with Crippen molar-refractivity contribution >= 4 is 21.6 Å². The van der Waals surface area contributed by atoms with Crippen LogP contribution in [0.3, 0.4) is 0 Å². The molecule has 3 aromatic carbocycles. The number of carbonyl (C=O) groups is 1. The lowest BCUT2D eigenvalue weighted by Crippen LogP contribution is -2.22. The van der Waals surface area contributed by atoms with Crippen LogP contribution in [-0.4, -0.2) is 20.9 Å². The molecule has 0 atom stereocenters. The second kappa shape index (κ2) is 9.78. The van der Waals surface area contributed by atoms with E-state index in [0.717, 1.165) is 5.56 Å². The van der Waals surface area contributed by atoms with E-state index in [9.17, 15) is 22.0 Å². The van der Waals surface area contributed by atoms with Crippen molar-refractivity contribution in [3.63, 3.8) is 0 Å². The number of carbonyl (C=O) groups excluding carboxylic acids is 1. The first-order valence-corrected chi connectivity index (χ1v) is 11.1. The highest BCUT2D eigenvalue weighted by Crippen LogP contribution is 2.21. The lowest BCUT2D eigenvalue weighted by molar-refractivity contribution is -0.0498. The molecule has 168 valence electrons. The summed E-state index contributed by atoms with van der Waals surface area (Å²) >= 11 is 0. The van der Waals surface area contributed by atoms with E-state index >= 15 is 0 Å². The molecule has 3 rings (SSSR count). The van der Waals surface area contributed by atoms with E-state index in [4.69, 9.17) is 0 Å². The third kappa shape index (κ3) is 6.04. The van der Waals surface area contributed by atoms with E-state index in [1.54, 1.807) is 31.2 Å². The number of anilines is 1. The van der Waals surface area contributed by atoms with E-state index in [-0.39, 0.29) is 23.1 Å². The molecule has 3 aromatic rings. The van der Waals surface area contributed by atoms with Crippen molar-refractivity contribution in [2.24, 2.45) is 0 Å². The molecule has 0 bridgehead atoms. The summed E-state index contributed by atoms with van der Waals surface area (Å²) in [4.78, 5) is 12.6. The summed E-state index contributed by atoms with van der Waals surface area (Å²) in [6.07, 6.45) is 0. The third-order valence-electron chi connectivity index (χ3n) is 4.63. The summed E-state index contributed by atoms with van der Waals surface area (Å²) in [5.41, 5.74) is 2.85. The van der Waals surface area contributed by atoms with Gasteiger partial charge in [0.25, 0.3) is 15.9 Å². The Morgan fingerprint density at radius 3 is 2.25 bits per heavy atom. The summed E-state index contributed by atoms with van der Waals surface area (Å²) in [6.45, 7) is 0.835. The number of hydrogen-bond acceptors (Lipinski definition) is 4. The Labute approximate surface area is 185 Å². The molecule has 0 spiro atoms. The van der Waals surface area contributed by atoms with Gasteiger partial charge in [0.1, 0.15) is 5.75 Å². The van der Waals surface area contributed by atoms with Gasteiger partial charge in [-0.15, -0.1) is 0 Å². The molecule has 0 aliphatic heterocycles. The summed E-state index contributed by atoms with van der Waals surface area (Å²) < 4.78 is 56.6. The maximum absolute atomic E-state index is 12.7. The van der Waals surface area contributed by atoms with Crippen LogP contribution in [0.25, 0.3) is 0 Å². The first kappa shape index (κ1) is 23.2. The average Bonchev–Trinajstić information content (AvgIpc) is 2.74. The normalized spacial score (nSPS) is 11.3. The quantitative estimate of drug-likeness (QED) is 0.513. The molecule has 0 aromatic heterocycles. The minimum atomic E-state index is -3.76. The third-order valence-corrected chi connectivity index (χ3v) is 6.16. The van der Waals surface area contributed by atoms with Gasteiger partial charge in [0.05, 0.1) is 4.90 Å².